The van der Waals surface area contributed by atoms with Crippen LogP contribution in [-0.4, -0.2) is 21.0 Å². The SMILES string of the molecule is COc1ccccc1S(=O)(=O)C(F)(F)F. The normalized spacial score (nSPS) is 12.5. The number of methoxy groups -OCH3 is 1. The van der Waals surface area contributed by atoms with E-state index in [1.165, 1.54) is 12.1 Å². The molecule has 0 saturated carbocycles. The molecule has 0 N–H and O–H groups in total. The van der Waals surface area contributed by atoms with Gasteiger partial charge in [0.05, 0.1) is 7.11 Å². The van der Waals surface area contributed by atoms with E-state index in [1.807, 2.05) is 0 Å². The van der Waals surface area contributed by atoms with Crippen LogP contribution in [0, 0.1) is 0 Å². The third-order valence-corrected chi connectivity index (χ3v) is 3.19. The largest absolute Gasteiger partial charge is 0.502 e. The molecule has 1 aromatic rings. The van der Waals surface area contributed by atoms with Gasteiger partial charge < -0.3 is 4.74 Å². The fourth-order valence-corrected chi connectivity index (χ4v) is 1.89. The average Bonchev–Trinajstić information content (AvgIpc) is 2.16. The van der Waals surface area contributed by atoms with Gasteiger partial charge in [0.2, 0.25) is 0 Å². The highest BCUT2D eigenvalue weighted by Crippen LogP contribution is 2.34. The lowest BCUT2D eigenvalue weighted by molar-refractivity contribution is -0.0437. The minimum Gasteiger partial charge on any atom is -0.495 e. The molecule has 84 valence electrons. The van der Waals surface area contributed by atoms with Gasteiger partial charge in [-0.3, -0.25) is 0 Å². The van der Waals surface area contributed by atoms with Gasteiger partial charge >= 0.3 is 5.51 Å². The molecule has 0 aliphatic carbocycles. The number of benzene rings is 1. The second-order valence-electron chi connectivity index (χ2n) is 2.60. The number of rotatable bonds is 2. The fraction of sp³-hybridized carbons (Fsp3) is 0.250. The Morgan fingerprint density at radius 1 is 1.20 bits per heavy atom. The molecule has 3 nitrogen and oxygen atoms in total. The van der Waals surface area contributed by atoms with E-state index in [-0.39, 0.29) is 5.75 Å². The van der Waals surface area contributed by atoms with Gasteiger partial charge in [-0.2, -0.15) is 13.2 Å². The summed E-state index contributed by atoms with van der Waals surface area (Å²) in [5, 5.41) is 0. The molecule has 0 aliphatic rings. The van der Waals surface area contributed by atoms with E-state index in [2.05, 4.69) is 4.74 Å². The topological polar surface area (TPSA) is 43.4 Å². The van der Waals surface area contributed by atoms with Crippen LogP contribution in [0.15, 0.2) is 29.2 Å². The summed E-state index contributed by atoms with van der Waals surface area (Å²) in [4.78, 5) is -0.875. The summed E-state index contributed by atoms with van der Waals surface area (Å²) in [6, 6.07) is 4.58. The van der Waals surface area contributed by atoms with Crippen LogP contribution in [0.4, 0.5) is 13.2 Å². The summed E-state index contributed by atoms with van der Waals surface area (Å²) in [6.45, 7) is 0. The number of para-hydroxylation sites is 1. The summed E-state index contributed by atoms with van der Waals surface area (Å²) in [7, 11) is -4.24. The van der Waals surface area contributed by atoms with Crippen molar-refractivity contribution in [2.24, 2.45) is 0 Å². The highest BCUT2D eigenvalue weighted by atomic mass is 32.2. The van der Waals surface area contributed by atoms with E-state index in [4.69, 9.17) is 0 Å². The number of sulfone groups is 1. The molecule has 0 aliphatic heterocycles. The maximum atomic E-state index is 12.2. The van der Waals surface area contributed by atoms with Crippen LogP contribution in [0.2, 0.25) is 0 Å². The molecule has 1 aromatic carbocycles. The highest BCUT2D eigenvalue weighted by Gasteiger charge is 2.48. The Hall–Kier alpha value is -1.24. The van der Waals surface area contributed by atoms with E-state index in [0.29, 0.717) is 0 Å². The van der Waals surface area contributed by atoms with E-state index >= 15 is 0 Å². The van der Waals surface area contributed by atoms with Crippen molar-refractivity contribution in [3.8, 4) is 5.75 Å². The molecule has 0 unspecified atom stereocenters. The second kappa shape index (κ2) is 3.73. The molecule has 0 spiro atoms. The number of halogens is 3. The fourth-order valence-electron chi connectivity index (χ4n) is 0.965. The van der Waals surface area contributed by atoms with Gasteiger partial charge in [-0.1, -0.05) is 12.1 Å². The molecule has 1 rings (SSSR count). The van der Waals surface area contributed by atoms with Gasteiger partial charge in [-0.05, 0) is 12.1 Å². The Balaban J connectivity index is 3.41. The van der Waals surface area contributed by atoms with Crippen LogP contribution in [0.25, 0.3) is 0 Å². The zero-order chi connectivity index (χ0) is 11.7. The van der Waals surface area contributed by atoms with Crippen molar-refractivity contribution in [2.75, 3.05) is 7.11 Å². The third-order valence-electron chi connectivity index (χ3n) is 1.66. The molecule has 0 aromatic heterocycles. The van der Waals surface area contributed by atoms with Crippen LogP contribution in [-0.2, 0) is 9.84 Å². The molecular formula is C8H7F3O3S. The molecule has 0 bridgehead atoms. The minimum atomic E-state index is -5.34. The van der Waals surface area contributed by atoms with Crippen LogP contribution < -0.4 is 4.74 Å². The van der Waals surface area contributed by atoms with Crippen molar-refractivity contribution in [3.05, 3.63) is 24.3 Å². The van der Waals surface area contributed by atoms with Gasteiger partial charge in [-0.25, -0.2) is 8.42 Å². The predicted octanol–water partition coefficient (Wildman–Crippen LogP) is 1.99. The van der Waals surface area contributed by atoms with Crippen molar-refractivity contribution in [1.29, 1.82) is 0 Å². The summed E-state index contributed by atoms with van der Waals surface area (Å²) in [5.74, 6) is -0.324. The second-order valence-corrected chi connectivity index (χ2v) is 4.51. The van der Waals surface area contributed by atoms with Crippen molar-refractivity contribution in [3.63, 3.8) is 0 Å². The summed E-state index contributed by atoms with van der Waals surface area (Å²) < 4.78 is 63.2. The Morgan fingerprint density at radius 3 is 2.20 bits per heavy atom. The van der Waals surface area contributed by atoms with Crippen molar-refractivity contribution >= 4 is 9.84 Å². The summed E-state index contributed by atoms with van der Waals surface area (Å²) in [5.41, 5.74) is -5.32. The Kier molecular flexibility index (Phi) is 2.94. The number of hydrogen-bond donors (Lipinski definition) is 0. The van der Waals surface area contributed by atoms with E-state index in [9.17, 15) is 21.6 Å². The molecular weight excluding hydrogens is 233 g/mol. The first kappa shape index (κ1) is 11.8. The van der Waals surface area contributed by atoms with E-state index in [0.717, 1.165) is 19.2 Å². The quantitative estimate of drug-likeness (QED) is 0.794. The zero-order valence-corrected chi connectivity index (χ0v) is 8.39. The number of alkyl halides is 3. The van der Waals surface area contributed by atoms with Gasteiger partial charge in [-0.15, -0.1) is 0 Å². The Bertz CT molecular complexity index is 450. The maximum absolute atomic E-state index is 12.2. The number of hydrogen-bond acceptors (Lipinski definition) is 3. The molecule has 0 saturated heterocycles. The maximum Gasteiger partial charge on any atom is 0.502 e. The Labute approximate surface area is 84.4 Å². The minimum absolute atomic E-state index is 0.324. The molecule has 0 radical (unpaired) electrons. The van der Waals surface area contributed by atoms with Crippen molar-refractivity contribution in [1.82, 2.24) is 0 Å². The van der Waals surface area contributed by atoms with E-state index < -0.39 is 20.2 Å². The average molecular weight is 240 g/mol. The Morgan fingerprint density at radius 2 is 1.73 bits per heavy atom. The lowest BCUT2D eigenvalue weighted by atomic mass is 10.3. The standard InChI is InChI=1S/C8H7F3O3S/c1-14-6-4-2-3-5-7(6)15(12,13)8(9,10)11/h2-5H,1H3. The highest BCUT2D eigenvalue weighted by molar-refractivity contribution is 7.92. The van der Waals surface area contributed by atoms with E-state index in [1.54, 1.807) is 0 Å². The first-order valence-corrected chi connectivity index (χ1v) is 5.23. The molecule has 0 amide bonds. The monoisotopic (exact) mass is 240 g/mol. The van der Waals surface area contributed by atoms with Gasteiger partial charge in [0.15, 0.2) is 0 Å². The zero-order valence-electron chi connectivity index (χ0n) is 7.58. The van der Waals surface area contributed by atoms with Crippen LogP contribution in [0.1, 0.15) is 0 Å². The third kappa shape index (κ3) is 2.06. The number of ether oxygens (including phenoxy) is 1. The van der Waals surface area contributed by atoms with Crippen LogP contribution in [0.5, 0.6) is 5.75 Å². The first-order chi connectivity index (χ1) is 6.80. The molecule has 0 atom stereocenters. The summed E-state index contributed by atoms with van der Waals surface area (Å²) in [6.07, 6.45) is 0. The van der Waals surface area contributed by atoms with Gasteiger partial charge in [0.25, 0.3) is 9.84 Å². The smallest absolute Gasteiger partial charge is 0.495 e. The molecule has 7 heteroatoms. The molecule has 0 heterocycles. The van der Waals surface area contributed by atoms with Crippen molar-refractivity contribution < 1.29 is 26.3 Å². The summed E-state index contributed by atoms with van der Waals surface area (Å²) >= 11 is 0. The molecule has 0 fully saturated rings. The van der Waals surface area contributed by atoms with Crippen molar-refractivity contribution in [2.45, 2.75) is 10.4 Å². The molecule has 15 heavy (non-hydrogen) atoms. The lowest BCUT2D eigenvalue weighted by Gasteiger charge is -2.11. The van der Waals surface area contributed by atoms with Gasteiger partial charge in [0.1, 0.15) is 10.6 Å². The first-order valence-electron chi connectivity index (χ1n) is 3.75. The van der Waals surface area contributed by atoms with Crippen LogP contribution in [0.3, 0.4) is 0 Å². The lowest BCUT2D eigenvalue weighted by Crippen LogP contribution is -2.23. The van der Waals surface area contributed by atoms with Gasteiger partial charge in [0, 0.05) is 0 Å². The van der Waals surface area contributed by atoms with Crippen LogP contribution >= 0.6 is 0 Å². The predicted molar refractivity (Wildman–Crippen MR) is 46.2 cm³/mol.